The molecule has 3 aliphatic rings. The first kappa shape index (κ1) is 25.9. The number of carbonyl (C=O) groups excluding carboxylic acids is 1. The highest BCUT2D eigenvalue weighted by Gasteiger charge is 2.37. The van der Waals surface area contributed by atoms with Crippen LogP contribution < -0.4 is 4.90 Å². The summed E-state index contributed by atoms with van der Waals surface area (Å²) in [6.45, 7) is 4.63. The summed E-state index contributed by atoms with van der Waals surface area (Å²) < 4.78 is 0. The number of amides is 1. The van der Waals surface area contributed by atoms with Gasteiger partial charge in [0.25, 0.3) is 0 Å². The van der Waals surface area contributed by atoms with E-state index in [0.717, 1.165) is 61.1 Å². The Kier molecular flexibility index (Phi) is 8.65. The van der Waals surface area contributed by atoms with E-state index in [-0.39, 0.29) is 28.8 Å². The van der Waals surface area contributed by atoms with Crippen LogP contribution in [0.4, 0.5) is 5.69 Å². The Bertz CT molecular complexity index is 968. The molecule has 0 bridgehead atoms. The fourth-order valence-corrected chi connectivity index (χ4v) is 6.64. The third-order valence-corrected chi connectivity index (χ3v) is 8.84. The zero-order chi connectivity index (χ0) is 24.9. The van der Waals surface area contributed by atoms with Crippen LogP contribution in [-0.2, 0) is 9.63 Å². The molecular formula is C27H38N2O5S. The maximum atomic E-state index is 13.9. The molecule has 0 atom stereocenters. The molecule has 3 aliphatic carbocycles. The molecular weight excluding hydrogens is 464 g/mol. The van der Waals surface area contributed by atoms with Gasteiger partial charge >= 0.3 is 5.97 Å². The maximum absolute atomic E-state index is 13.9. The molecule has 1 aromatic rings. The SMILES string of the molecule is CCON=C1C=C(c2cc(N(C(=O)C3CCC(C)CC3)C3CCC(O)CC3)c(C(=O)O)s2)CCC1. The Labute approximate surface area is 211 Å². The van der Waals surface area contributed by atoms with Crippen molar-refractivity contribution >= 4 is 40.2 Å². The summed E-state index contributed by atoms with van der Waals surface area (Å²) in [6, 6.07) is 1.83. The Morgan fingerprint density at radius 1 is 1.11 bits per heavy atom. The molecule has 2 saturated carbocycles. The number of carboxylic acid groups (broad SMARTS) is 1. The minimum Gasteiger partial charge on any atom is -0.477 e. The second-order valence-electron chi connectivity index (χ2n) is 10.3. The monoisotopic (exact) mass is 502 g/mol. The van der Waals surface area contributed by atoms with Gasteiger partial charge in [-0.15, -0.1) is 11.3 Å². The van der Waals surface area contributed by atoms with Gasteiger partial charge in [-0.25, -0.2) is 4.79 Å². The molecule has 0 saturated heterocycles. The van der Waals surface area contributed by atoms with Gasteiger partial charge in [-0.1, -0.05) is 12.1 Å². The summed E-state index contributed by atoms with van der Waals surface area (Å²) in [5.41, 5.74) is 2.44. The van der Waals surface area contributed by atoms with Crippen molar-refractivity contribution in [3.05, 3.63) is 21.9 Å². The van der Waals surface area contributed by atoms with Gasteiger partial charge in [0, 0.05) is 16.8 Å². The zero-order valence-corrected chi connectivity index (χ0v) is 21.7. The molecule has 2 fully saturated rings. The molecule has 0 radical (unpaired) electrons. The third kappa shape index (κ3) is 6.15. The van der Waals surface area contributed by atoms with Gasteiger partial charge in [-0.3, -0.25) is 4.79 Å². The Hall–Kier alpha value is -2.19. The second-order valence-corrected chi connectivity index (χ2v) is 11.3. The molecule has 35 heavy (non-hydrogen) atoms. The first-order chi connectivity index (χ1) is 16.9. The van der Waals surface area contributed by atoms with Crippen molar-refractivity contribution in [2.75, 3.05) is 11.5 Å². The molecule has 0 unspecified atom stereocenters. The molecule has 8 heteroatoms. The normalized spacial score (nSPS) is 28.4. The van der Waals surface area contributed by atoms with Crippen molar-refractivity contribution in [1.29, 1.82) is 0 Å². The molecule has 1 amide bonds. The van der Waals surface area contributed by atoms with Crippen molar-refractivity contribution in [2.45, 2.75) is 96.6 Å². The Morgan fingerprint density at radius 3 is 2.49 bits per heavy atom. The average molecular weight is 503 g/mol. The average Bonchev–Trinajstić information content (AvgIpc) is 3.30. The van der Waals surface area contributed by atoms with Crippen molar-refractivity contribution in [1.82, 2.24) is 0 Å². The highest BCUT2D eigenvalue weighted by atomic mass is 32.1. The van der Waals surface area contributed by atoms with Crippen LogP contribution in [0.25, 0.3) is 5.57 Å². The van der Waals surface area contributed by atoms with E-state index < -0.39 is 5.97 Å². The highest BCUT2D eigenvalue weighted by molar-refractivity contribution is 7.15. The van der Waals surface area contributed by atoms with E-state index >= 15 is 0 Å². The largest absolute Gasteiger partial charge is 0.477 e. The summed E-state index contributed by atoms with van der Waals surface area (Å²) >= 11 is 1.25. The first-order valence-corrected chi connectivity index (χ1v) is 14.0. The van der Waals surface area contributed by atoms with Crippen molar-refractivity contribution in [2.24, 2.45) is 17.0 Å². The fourth-order valence-electron chi connectivity index (χ4n) is 5.61. The van der Waals surface area contributed by atoms with Crippen molar-refractivity contribution in [3.63, 3.8) is 0 Å². The van der Waals surface area contributed by atoms with Crippen LogP contribution in [-0.4, -0.2) is 46.6 Å². The van der Waals surface area contributed by atoms with E-state index in [1.807, 2.05) is 24.0 Å². The lowest BCUT2D eigenvalue weighted by atomic mass is 9.81. The summed E-state index contributed by atoms with van der Waals surface area (Å²) in [5.74, 6) is -0.379. The van der Waals surface area contributed by atoms with Crippen LogP contribution in [0.5, 0.6) is 0 Å². The van der Waals surface area contributed by atoms with Gasteiger partial charge < -0.3 is 20.0 Å². The number of oxime groups is 1. The lowest BCUT2D eigenvalue weighted by Gasteiger charge is -2.38. The molecule has 192 valence electrons. The molecule has 2 N–H and O–H groups in total. The number of aliphatic hydroxyl groups is 1. The van der Waals surface area contributed by atoms with Crippen LogP contribution in [0.3, 0.4) is 0 Å². The number of thiophene rings is 1. The molecule has 0 aliphatic heterocycles. The quantitative estimate of drug-likeness (QED) is 0.454. The van der Waals surface area contributed by atoms with E-state index in [1.54, 1.807) is 0 Å². The Balaban J connectivity index is 1.70. The zero-order valence-electron chi connectivity index (χ0n) is 20.9. The van der Waals surface area contributed by atoms with Crippen LogP contribution in [0, 0.1) is 11.8 Å². The van der Waals surface area contributed by atoms with Crippen molar-refractivity contribution < 1.29 is 24.6 Å². The molecule has 1 aromatic heterocycles. The predicted molar refractivity (Wildman–Crippen MR) is 139 cm³/mol. The van der Waals surface area contributed by atoms with Crippen LogP contribution >= 0.6 is 11.3 Å². The van der Waals surface area contributed by atoms with Gasteiger partial charge in [0.05, 0.1) is 17.5 Å². The number of carbonyl (C=O) groups is 2. The number of nitrogens with zero attached hydrogens (tertiary/aromatic N) is 2. The van der Waals surface area contributed by atoms with E-state index in [0.29, 0.717) is 43.9 Å². The second kappa shape index (κ2) is 11.7. The summed E-state index contributed by atoms with van der Waals surface area (Å²) in [7, 11) is 0. The fraction of sp³-hybridized carbons (Fsp3) is 0.667. The standard InChI is InChI=1S/C27H38N2O5S/c1-3-34-28-20-6-4-5-19(15-20)24-16-23(25(35-24)27(32)33)29(21-11-13-22(30)14-12-21)26(31)18-9-7-17(2)8-10-18/h15-18,21-22,30H,3-14H2,1-2H3,(H,32,33). The molecule has 0 spiro atoms. The maximum Gasteiger partial charge on any atom is 0.348 e. The smallest absolute Gasteiger partial charge is 0.348 e. The highest BCUT2D eigenvalue weighted by Crippen LogP contribution is 2.42. The lowest BCUT2D eigenvalue weighted by molar-refractivity contribution is -0.124. The van der Waals surface area contributed by atoms with E-state index in [4.69, 9.17) is 4.84 Å². The van der Waals surface area contributed by atoms with Crippen LogP contribution in [0.15, 0.2) is 17.3 Å². The number of anilines is 1. The molecule has 1 heterocycles. The predicted octanol–water partition coefficient (Wildman–Crippen LogP) is 5.87. The summed E-state index contributed by atoms with van der Waals surface area (Å²) in [6.07, 6.45) is 10.7. The van der Waals surface area contributed by atoms with Gasteiger partial charge in [0.15, 0.2) is 0 Å². The van der Waals surface area contributed by atoms with Crippen LogP contribution in [0.2, 0.25) is 0 Å². The van der Waals surface area contributed by atoms with Gasteiger partial charge in [0.2, 0.25) is 5.91 Å². The topological polar surface area (TPSA) is 99.4 Å². The number of rotatable bonds is 7. The summed E-state index contributed by atoms with van der Waals surface area (Å²) in [4.78, 5) is 34.5. The molecule has 7 nitrogen and oxygen atoms in total. The number of hydrogen-bond acceptors (Lipinski definition) is 6. The lowest BCUT2D eigenvalue weighted by Crippen LogP contribution is -2.47. The Morgan fingerprint density at radius 2 is 1.83 bits per heavy atom. The minimum absolute atomic E-state index is 0.0568. The number of allylic oxidation sites excluding steroid dienone is 2. The number of carboxylic acids is 1. The van der Waals surface area contributed by atoms with Gasteiger partial charge in [-0.2, -0.15) is 0 Å². The van der Waals surface area contributed by atoms with Gasteiger partial charge in [-0.05, 0) is 101 Å². The van der Waals surface area contributed by atoms with Gasteiger partial charge in [0.1, 0.15) is 11.5 Å². The summed E-state index contributed by atoms with van der Waals surface area (Å²) in [5, 5.41) is 24.4. The number of hydrogen-bond donors (Lipinski definition) is 2. The molecule has 0 aromatic carbocycles. The van der Waals surface area contributed by atoms with Crippen molar-refractivity contribution in [3.8, 4) is 0 Å². The third-order valence-electron chi connectivity index (χ3n) is 7.65. The van der Waals surface area contributed by atoms with Crippen LogP contribution in [0.1, 0.15) is 99.0 Å². The molecule has 4 rings (SSSR count). The number of aromatic carboxylic acids is 1. The van der Waals surface area contributed by atoms with E-state index in [9.17, 15) is 19.8 Å². The first-order valence-electron chi connectivity index (χ1n) is 13.1. The van der Waals surface area contributed by atoms with E-state index in [2.05, 4.69) is 12.1 Å². The number of aliphatic hydroxyl groups excluding tert-OH is 1. The van der Waals surface area contributed by atoms with E-state index in [1.165, 1.54) is 11.3 Å². The minimum atomic E-state index is -0.998.